The van der Waals surface area contributed by atoms with Gasteiger partial charge < -0.3 is 15.6 Å². The van der Waals surface area contributed by atoms with E-state index in [9.17, 15) is 0 Å². The van der Waals surface area contributed by atoms with Gasteiger partial charge in [0.05, 0.1) is 13.2 Å². The summed E-state index contributed by atoms with van der Waals surface area (Å²) >= 11 is 1.18. The first-order valence-electron chi connectivity index (χ1n) is 4.66. The van der Waals surface area contributed by atoms with E-state index in [0.29, 0.717) is 24.7 Å². The summed E-state index contributed by atoms with van der Waals surface area (Å²) in [6.45, 7) is 2.67. The van der Waals surface area contributed by atoms with Gasteiger partial charge in [-0.25, -0.2) is 0 Å². The van der Waals surface area contributed by atoms with Crippen molar-refractivity contribution >= 4 is 16.5 Å². The number of hydrogen-bond donors (Lipinski definition) is 2. The highest BCUT2D eigenvalue weighted by atomic mass is 32.1. The predicted octanol–water partition coefficient (Wildman–Crippen LogP) is -0.439. The summed E-state index contributed by atoms with van der Waals surface area (Å²) in [4.78, 5) is 2.02. The molecule has 15 heavy (non-hydrogen) atoms. The van der Waals surface area contributed by atoms with Crippen LogP contribution >= 0.6 is 11.5 Å². The molecule has 0 unspecified atom stereocenters. The largest absolute Gasteiger partial charge is 0.395 e. The smallest absolute Gasteiger partial charge is 0.132 e. The van der Waals surface area contributed by atoms with Crippen molar-refractivity contribution in [1.82, 2.24) is 14.5 Å². The van der Waals surface area contributed by atoms with Crippen LogP contribution in [-0.4, -0.2) is 53.0 Å². The van der Waals surface area contributed by atoms with Gasteiger partial charge in [-0.1, -0.05) is 4.49 Å². The monoisotopic (exact) mass is 232 g/mol. The van der Waals surface area contributed by atoms with E-state index < -0.39 is 0 Å². The Bertz CT molecular complexity index is 281. The van der Waals surface area contributed by atoms with Crippen LogP contribution in [0.4, 0.5) is 5.00 Å². The molecule has 0 bridgehead atoms. The van der Waals surface area contributed by atoms with E-state index in [1.54, 1.807) is 7.11 Å². The number of rotatable bonds is 7. The number of aliphatic hydroxyl groups excluding tert-OH is 1. The van der Waals surface area contributed by atoms with E-state index in [1.165, 1.54) is 11.5 Å². The fourth-order valence-electron chi connectivity index (χ4n) is 1.17. The van der Waals surface area contributed by atoms with Gasteiger partial charge >= 0.3 is 0 Å². The molecule has 0 aliphatic carbocycles. The Morgan fingerprint density at radius 3 is 2.87 bits per heavy atom. The second-order valence-corrected chi connectivity index (χ2v) is 3.86. The highest BCUT2D eigenvalue weighted by Crippen LogP contribution is 2.14. The minimum atomic E-state index is 0.112. The van der Waals surface area contributed by atoms with Gasteiger partial charge in [0.25, 0.3) is 0 Å². The Hall–Kier alpha value is -0.760. The van der Waals surface area contributed by atoms with Crippen LogP contribution in [0.3, 0.4) is 0 Å². The zero-order valence-electron chi connectivity index (χ0n) is 8.72. The van der Waals surface area contributed by atoms with Crippen molar-refractivity contribution in [2.75, 3.05) is 39.1 Å². The molecule has 0 aromatic carbocycles. The molecule has 0 aliphatic heterocycles. The van der Waals surface area contributed by atoms with E-state index in [-0.39, 0.29) is 6.61 Å². The van der Waals surface area contributed by atoms with Gasteiger partial charge in [-0.2, -0.15) is 0 Å². The molecule has 0 spiro atoms. The standard InChI is InChI=1S/C8H16N4O2S/c1-14-5-3-12(2-4-13)6-7-8(9)15-11-10-7/h13H,2-6,9H2,1H3. The predicted molar refractivity (Wildman–Crippen MR) is 58.6 cm³/mol. The summed E-state index contributed by atoms with van der Waals surface area (Å²) in [6.07, 6.45) is 0. The number of nitrogens with zero attached hydrogens (tertiary/aromatic N) is 3. The average Bonchev–Trinajstić information content (AvgIpc) is 2.61. The summed E-state index contributed by atoms with van der Waals surface area (Å²) in [6, 6.07) is 0. The minimum Gasteiger partial charge on any atom is -0.395 e. The van der Waals surface area contributed by atoms with Crippen LogP contribution in [0.25, 0.3) is 0 Å². The molecular weight excluding hydrogens is 216 g/mol. The molecule has 0 fully saturated rings. The number of nitrogen functional groups attached to an aromatic ring is 1. The number of anilines is 1. The molecule has 7 heteroatoms. The number of ether oxygens (including phenoxy) is 1. The Balaban J connectivity index is 2.46. The number of hydrogen-bond acceptors (Lipinski definition) is 7. The molecule has 0 aliphatic rings. The van der Waals surface area contributed by atoms with Crippen molar-refractivity contribution in [1.29, 1.82) is 0 Å². The summed E-state index contributed by atoms with van der Waals surface area (Å²) < 4.78 is 8.74. The average molecular weight is 232 g/mol. The van der Waals surface area contributed by atoms with E-state index in [2.05, 4.69) is 9.59 Å². The Morgan fingerprint density at radius 2 is 2.33 bits per heavy atom. The van der Waals surface area contributed by atoms with Gasteiger partial charge in [-0.15, -0.1) is 5.10 Å². The van der Waals surface area contributed by atoms with Crippen LogP contribution < -0.4 is 5.73 Å². The van der Waals surface area contributed by atoms with E-state index in [1.807, 2.05) is 4.90 Å². The lowest BCUT2D eigenvalue weighted by molar-refractivity contribution is 0.126. The minimum absolute atomic E-state index is 0.112. The number of aromatic nitrogens is 2. The summed E-state index contributed by atoms with van der Waals surface area (Å²) in [5, 5.41) is 13.4. The normalized spacial score (nSPS) is 11.1. The lowest BCUT2D eigenvalue weighted by atomic mass is 10.4. The molecule has 0 radical (unpaired) electrons. The highest BCUT2D eigenvalue weighted by Gasteiger charge is 2.10. The van der Waals surface area contributed by atoms with Crippen LogP contribution in [0.2, 0.25) is 0 Å². The molecule has 1 aromatic rings. The lowest BCUT2D eigenvalue weighted by Gasteiger charge is -2.19. The molecular formula is C8H16N4O2S. The van der Waals surface area contributed by atoms with E-state index >= 15 is 0 Å². The summed E-state index contributed by atoms with van der Waals surface area (Å²) in [5.74, 6) is 0. The number of methoxy groups -OCH3 is 1. The third-order valence-electron chi connectivity index (χ3n) is 1.99. The van der Waals surface area contributed by atoms with E-state index in [0.717, 1.165) is 12.2 Å². The first kappa shape index (κ1) is 12.3. The molecule has 6 nitrogen and oxygen atoms in total. The van der Waals surface area contributed by atoms with Gasteiger partial charge in [0, 0.05) is 38.3 Å². The van der Waals surface area contributed by atoms with Crippen LogP contribution in [0.1, 0.15) is 5.69 Å². The van der Waals surface area contributed by atoms with Gasteiger partial charge in [0.1, 0.15) is 10.7 Å². The highest BCUT2D eigenvalue weighted by molar-refractivity contribution is 7.09. The van der Waals surface area contributed by atoms with Gasteiger partial charge in [-0.05, 0) is 0 Å². The Kier molecular flexibility index (Phi) is 5.48. The van der Waals surface area contributed by atoms with E-state index in [4.69, 9.17) is 15.6 Å². The van der Waals surface area contributed by atoms with Crippen LogP contribution in [0.5, 0.6) is 0 Å². The van der Waals surface area contributed by atoms with Crippen molar-refractivity contribution in [2.45, 2.75) is 6.54 Å². The molecule has 1 aromatic heterocycles. The molecule has 0 saturated carbocycles. The van der Waals surface area contributed by atoms with Crippen LogP contribution in [-0.2, 0) is 11.3 Å². The second-order valence-electron chi connectivity index (χ2n) is 3.08. The van der Waals surface area contributed by atoms with Gasteiger partial charge in [0.15, 0.2) is 0 Å². The van der Waals surface area contributed by atoms with Gasteiger partial charge in [-0.3, -0.25) is 4.90 Å². The first-order valence-corrected chi connectivity index (χ1v) is 5.44. The maximum Gasteiger partial charge on any atom is 0.132 e. The maximum absolute atomic E-state index is 8.89. The zero-order chi connectivity index (χ0) is 11.1. The second kappa shape index (κ2) is 6.67. The lowest BCUT2D eigenvalue weighted by Crippen LogP contribution is -2.30. The van der Waals surface area contributed by atoms with Crippen molar-refractivity contribution < 1.29 is 9.84 Å². The third-order valence-corrected chi connectivity index (χ3v) is 2.58. The Morgan fingerprint density at radius 1 is 1.53 bits per heavy atom. The molecule has 0 saturated heterocycles. The maximum atomic E-state index is 8.89. The van der Waals surface area contributed by atoms with Crippen LogP contribution in [0.15, 0.2) is 0 Å². The van der Waals surface area contributed by atoms with Crippen molar-refractivity contribution in [2.24, 2.45) is 0 Å². The Labute approximate surface area is 92.8 Å². The fourth-order valence-corrected chi connectivity index (χ4v) is 1.61. The number of aliphatic hydroxyl groups is 1. The molecule has 1 heterocycles. The fraction of sp³-hybridized carbons (Fsp3) is 0.750. The topological polar surface area (TPSA) is 84.5 Å². The van der Waals surface area contributed by atoms with Crippen molar-refractivity contribution in [3.63, 3.8) is 0 Å². The molecule has 86 valence electrons. The summed E-state index contributed by atoms with van der Waals surface area (Å²) in [7, 11) is 1.65. The van der Waals surface area contributed by atoms with Crippen molar-refractivity contribution in [3.05, 3.63) is 5.69 Å². The first-order chi connectivity index (χ1) is 7.27. The quantitative estimate of drug-likeness (QED) is 0.663. The molecule has 3 N–H and O–H groups in total. The third kappa shape index (κ3) is 4.08. The zero-order valence-corrected chi connectivity index (χ0v) is 9.53. The SMILES string of the molecule is COCCN(CCO)Cc1nnsc1N. The van der Waals surface area contributed by atoms with Gasteiger partial charge in [0.2, 0.25) is 0 Å². The van der Waals surface area contributed by atoms with Crippen LogP contribution in [0, 0.1) is 0 Å². The summed E-state index contributed by atoms with van der Waals surface area (Å²) in [5.41, 5.74) is 6.45. The molecule has 0 atom stereocenters. The molecule has 0 amide bonds. The van der Waals surface area contributed by atoms with Crippen molar-refractivity contribution in [3.8, 4) is 0 Å². The number of nitrogens with two attached hydrogens (primary N) is 1. The molecule has 1 rings (SSSR count).